The molecule has 0 radical (unpaired) electrons. The molecule has 3 rings (SSSR count). The fourth-order valence-electron chi connectivity index (χ4n) is 2.87. The Kier molecular flexibility index (Phi) is 5.12. The summed E-state index contributed by atoms with van der Waals surface area (Å²) in [6.07, 6.45) is -0.0627. The summed E-state index contributed by atoms with van der Waals surface area (Å²) in [7, 11) is -3.82. The van der Waals surface area contributed by atoms with Gasteiger partial charge in [-0.25, -0.2) is 8.42 Å². The first-order valence-corrected chi connectivity index (χ1v) is 9.96. The number of hydrogen-bond acceptors (Lipinski definition) is 4. The minimum absolute atomic E-state index is 0.0297. The molecule has 1 aliphatic rings. The van der Waals surface area contributed by atoms with Crippen molar-refractivity contribution in [3.8, 4) is 0 Å². The van der Waals surface area contributed by atoms with Gasteiger partial charge >= 0.3 is 5.97 Å². The summed E-state index contributed by atoms with van der Waals surface area (Å²) in [6.45, 7) is 1.81. The number of rotatable bonds is 5. The number of benzene rings is 2. The van der Waals surface area contributed by atoms with Crippen LogP contribution in [-0.2, 0) is 19.6 Å². The van der Waals surface area contributed by atoms with Crippen molar-refractivity contribution in [1.29, 1.82) is 0 Å². The number of carbonyl (C=O) groups is 2. The number of carboxylic acid groups (broad SMARTS) is 1. The zero-order valence-electron chi connectivity index (χ0n) is 14.3. The second-order valence-electron chi connectivity index (χ2n) is 6.30. The predicted molar refractivity (Wildman–Crippen MR) is 102 cm³/mol. The van der Waals surface area contributed by atoms with E-state index in [1.54, 1.807) is 25.1 Å². The zero-order valence-corrected chi connectivity index (χ0v) is 15.9. The molecule has 1 atom stereocenters. The molecule has 1 saturated heterocycles. The molecule has 2 N–H and O–H groups in total. The van der Waals surface area contributed by atoms with Crippen molar-refractivity contribution >= 4 is 44.9 Å². The predicted octanol–water partition coefficient (Wildman–Crippen LogP) is 2.89. The fraction of sp³-hybridized carbons (Fsp3) is 0.222. The van der Waals surface area contributed by atoms with E-state index < -0.39 is 21.9 Å². The maximum atomic E-state index is 12.6. The lowest BCUT2D eigenvalue weighted by Crippen LogP contribution is -2.25. The van der Waals surface area contributed by atoms with Crippen LogP contribution in [0.4, 0.5) is 11.4 Å². The SMILES string of the molecule is Cc1cc(Cl)ccc1NS(=O)(=O)c1ccc(N2CC(C(=O)O)CC2=O)cc1. The Morgan fingerprint density at radius 3 is 2.44 bits per heavy atom. The molecular weight excluding hydrogens is 392 g/mol. The number of sulfonamides is 1. The summed E-state index contributed by atoms with van der Waals surface area (Å²) in [5, 5.41) is 9.56. The van der Waals surface area contributed by atoms with Crippen LogP contribution in [0.1, 0.15) is 12.0 Å². The Balaban J connectivity index is 1.80. The van der Waals surface area contributed by atoms with E-state index in [4.69, 9.17) is 16.7 Å². The molecule has 0 aliphatic carbocycles. The lowest BCUT2D eigenvalue weighted by atomic mass is 10.1. The minimum Gasteiger partial charge on any atom is -0.481 e. The third kappa shape index (κ3) is 4.06. The molecule has 2 aromatic carbocycles. The molecule has 9 heteroatoms. The highest BCUT2D eigenvalue weighted by Gasteiger charge is 2.35. The third-order valence-corrected chi connectivity index (χ3v) is 5.98. The van der Waals surface area contributed by atoms with Gasteiger partial charge in [-0.3, -0.25) is 14.3 Å². The molecule has 1 fully saturated rings. The molecule has 2 aromatic rings. The maximum absolute atomic E-state index is 12.6. The van der Waals surface area contributed by atoms with Gasteiger partial charge in [-0.1, -0.05) is 11.6 Å². The third-order valence-electron chi connectivity index (χ3n) is 4.37. The van der Waals surface area contributed by atoms with Gasteiger partial charge in [0.05, 0.1) is 16.5 Å². The van der Waals surface area contributed by atoms with Crippen molar-refractivity contribution in [2.24, 2.45) is 5.92 Å². The molecule has 27 heavy (non-hydrogen) atoms. The summed E-state index contributed by atoms with van der Waals surface area (Å²) in [5.74, 6) is -2.07. The molecular formula is C18H17ClN2O5S. The van der Waals surface area contributed by atoms with E-state index in [9.17, 15) is 18.0 Å². The largest absolute Gasteiger partial charge is 0.481 e. The van der Waals surface area contributed by atoms with Crippen molar-refractivity contribution in [2.75, 3.05) is 16.2 Å². The highest BCUT2D eigenvalue weighted by Crippen LogP contribution is 2.27. The number of anilines is 2. The van der Waals surface area contributed by atoms with E-state index in [2.05, 4.69) is 4.72 Å². The Labute approximate surface area is 161 Å². The summed E-state index contributed by atoms with van der Waals surface area (Å²) in [5.41, 5.74) is 1.57. The number of nitrogens with zero attached hydrogens (tertiary/aromatic N) is 1. The van der Waals surface area contributed by atoms with Crippen LogP contribution in [0, 0.1) is 12.8 Å². The van der Waals surface area contributed by atoms with Crippen LogP contribution >= 0.6 is 11.6 Å². The standard InChI is InChI=1S/C18H17ClN2O5S/c1-11-8-13(19)2-7-16(11)20-27(25,26)15-5-3-14(4-6-15)21-10-12(18(23)24)9-17(21)22/h2-8,12,20H,9-10H2,1H3,(H,23,24). The maximum Gasteiger partial charge on any atom is 0.308 e. The molecule has 0 saturated carbocycles. The van der Waals surface area contributed by atoms with Gasteiger partial charge in [0, 0.05) is 23.7 Å². The average molecular weight is 409 g/mol. The van der Waals surface area contributed by atoms with Gasteiger partial charge in [0.15, 0.2) is 0 Å². The van der Waals surface area contributed by atoms with Crippen LogP contribution in [0.3, 0.4) is 0 Å². The second-order valence-corrected chi connectivity index (χ2v) is 8.42. The summed E-state index contributed by atoms with van der Waals surface area (Å²) in [4.78, 5) is 24.4. The molecule has 7 nitrogen and oxygen atoms in total. The first-order chi connectivity index (χ1) is 12.7. The average Bonchev–Trinajstić information content (AvgIpc) is 3.00. The normalized spacial score (nSPS) is 17.2. The quantitative estimate of drug-likeness (QED) is 0.791. The van der Waals surface area contributed by atoms with Crippen molar-refractivity contribution in [2.45, 2.75) is 18.2 Å². The molecule has 1 aliphatic heterocycles. The minimum atomic E-state index is -3.82. The number of aryl methyl sites for hydroxylation is 1. The first kappa shape index (κ1) is 19.2. The number of carboxylic acids is 1. The first-order valence-electron chi connectivity index (χ1n) is 8.09. The van der Waals surface area contributed by atoms with Crippen LogP contribution in [0.5, 0.6) is 0 Å². The molecule has 1 unspecified atom stereocenters. The smallest absolute Gasteiger partial charge is 0.308 e. The topological polar surface area (TPSA) is 104 Å². The van der Waals surface area contributed by atoms with E-state index >= 15 is 0 Å². The van der Waals surface area contributed by atoms with E-state index in [1.165, 1.54) is 29.2 Å². The second kappa shape index (κ2) is 7.21. The number of hydrogen-bond donors (Lipinski definition) is 2. The molecule has 0 aromatic heterocycles. The lowest BCUT2D eigenvalue weighted by molar-refractivity contribution is -0.141. The summed E-state index contributed by atoms with van der Waals surface area (Å²) in [6, 6.07) is 10.6. The van der Waals surface area contributed by atoms with Crippen molar-refractivity contribution in [3.05, 3.63) is 53.1 Å². The Hall–Kier alpha value is -2.58. The van der Waals surface area contributed by atoms with Crippen LogP contribution in [0.25, 0.3) is 0 Å². The molecule has 0 spiro atoms. The van der Waals surface area contributed by atoms with Gasteiger partial charge in [0.25, 0.3) is 10.0 Å². The van der Waals surface area contributed by atoms with Crippen LogP contribution in [-0.4, -0.2) is 31.9 Å². The number of halogens is 1. The molecule has 1 heterocycles. The van der Waals surface area contributed by atoms with Crippen LogP contribution in [0.2, 0.25) is 5.02 Å². The summed E-state index contributed by atoms with van der Waals surface area (Å²) >= 11 is 5.88. The number of aliphatic carboxylic acids is 1. The van der Waals surface area contributed by atoms with Gasteiger partial charge in [0.1, 0.15) is 0 Å². The van der Waals surface area contributed by atoms with Gasteiger partial charge in [-0.15, -0.1) is 0 Å². The number of amides is 1. The van der Waals surface area contributed by atoms with E-state index in [0.717, 1.165) is 0 Å². The molecule has 142 valence electrons. The number of carbonyl (C=O) groups excluding carboxylic acids is 1. The van der Waals surface area contributed by atoms with Crippen molar-refractivity contribution in [3.63, 3.8) is 0 Å². The fourth-order valence-corrected chi connectivity index (χ4v) is 4.23. The van der Waals surface area contributed by atoms with Crippen molar-refractivity contribution in [1.82, 2.24) is 0 Å². The Morgan fingerprint density at radius 2 is 1.89 bits per heavy atom. The summed E-state index contributed by atoms with van der Waals surface area (Å²) < 4.78 is 27.7. The van der Waals surface area contributed by atoms with Crippen LogP contribution in [0.15, 0.2) is 47.4 Å². The van der Waals surface area contributed by atoms with E-state index in [0.29, 0.717) is 22.0 Å². The lowest BCUT2D eigenvalue weighted by Gasteiger charge is -2.17. The molecule has 1 amide bonds. The Bertz CT molecular complexity index is 1000. The zero-order chi connectivity index (χ0) is 19.8. The van der Waals surface area contributed by atoms with Crippen LogP contribution < -0.4 is 9.62 Å². The van der Waals surface area contributed by atoms with Gasteiger partial charge in [-0.05, 0) is 55.0 Å². The Morgan fingerprint density at radius 1 is 1.22 bits per heavy atom. The number of nitrogens with one attached hydrogen (secondary N) is 1. The monoisotopic (exact) mass is 408 g/mol. The van der Waals surface area contributed by atoms with Gasteiger partial charge in [0.2, 0.25) is 5.91 Å². The van der Waals surface area contributed by atoms with E-state index in [-0.39, 0.29) is 23.8 Å². The molecule has 0 bridgehead atoms. The van der Waals surface area contributed by atoms with Gasteiger partial charge in [-0.2, -0.15) is 0 Å². The highest BCUT2D eigenvalue weighted by atomic mass is 35.5. The van der Waals surface area contributed by atoms with Crippen molar-refractivity contribution < 1.29 is 23.1 Å². The van der Waals surface area contributed by atoms with E-state index in [1.807, 2.05) is 0 Å². The highest BCUT2D eigenvalue weighted by molar-refractivity contribution is 7.92. The van der Waals surface area contributed by atoms with Gasteiger partial charge < -0.3 is 10.0 Å².